The van der Waals surface area contributed by atoms with E-state index in [1.54, 1.807) is 0 Å². The van der Waals surface area contributed by atoms with Crippen LogP contribution in [0.4, 0.5) is 34.1 Å². The Bertz CT molecular complexity index is 3530. The summed E-state index contributed by atoms with van der Waals surface area (Å²) < 4.78 is 0. The standard InChI is InChI=1S/C66H50N2/c1-4-17-46(18-5-1)63-59-27-13-12-26-57(59)58-39-38-56(43-60(58)63)68(54-24-8-3-9-25-54)62-29-15-21-50-42-52-35-34-51-41-49-20-14-28-61(64(49)66(51,52)65(50)62)67(53-22-6-2-7-23-53)55-36-32-45(33-37-55)48-31-30-44-16-10-11-19-47(44)40-48/h1-33,36-40,43,51-52,63H,34-35,41-42H2. The number of rotatable bonds is 8. The van der Waals surface area contributed by atoms with Gasteiger partial charge in [-0.2, -0.15) is 0 Å². The molecule has 1 fully saturated rings. The molecule has 324 valence electrons. The lowest BCUT2D eigenvalue weighted by atomic mass is 9.68. The largest absolute Gasteiger partial charge is 0.310 e. The van der Waals surface area contributed by atoms with Crippen molar-refractivity contribution in [2.24, 2.45) is 11.8 Å². The number of hydrogen-bond donors (Lipinski definition) is 0. The highest BCUT2D eigenvalue weighted by molar-refractivity contribution is 5.91. The van der Waals surface area contributed by atoms with E-state index in [-0.39, 0.29) is 11.3 Å². The van der Waals surface area contributed by atoms with E-state index < -0.39 is 0 Å². The second-order valence-corrected chi connectivity index (χ2v) is 19.5. The normalized spacial score (nSPS) is 19.1. The Labute approximate surface area is 399 Å². The molecular weight excluding hydrogens is 821 g/mol. The van der Waals surface area contributed by atoms with E-state index >= 15 is 0 Å². The maximum atomic E-state index is 2.61. The summed E-state index contributed by atoms with van der Waals surface area (Å²) in [5.74, 6) is 1.18. The highest BCUT2D eigenvalue weighted by Crippen LogP contribution is 2.69. The highest BCUT2D eigenvalue weighted by Gasteiger charge is 2.62. The summed E-state index contributed by atoms with van der Waals surface area (Å²) in [4.78, 5) is 5.17. The summed E-state index contributed by atoms with van der Waals surface area (Å²) in [7, 11) is 0. The Morgan fingerprint density at radius 1 is 0.353 bits per heavy atom. The molecule has 2 nitrogen and oxygen atoms in total. The first kappa shape index (κ1) is 39.2. The van der Waals surface area contributed by atoms with Crippen LogP contribution < -0.4 is 9.80 Å². The smallest absolute Gasteiger partial charge is 0.0505 e. The first-order valence-corrected chi connectivity index (χ1v) is 24.5. The Kier molecular flexibility index (Phi) is 8.99. The molecule has 68 heavy (non-hydrogen) atoms. The van der Waals surface area contributed by atoms with Crippen LogP contribution in [0.15, 0.2) is 237 Å². The molecule has 0 aliphatic heterocycles. The van der Waals surface area contributed by atoms with Crippen molar-refractivity contribution in [2.75, 3.05) is 9.80 Å². The molecule has 4 aliphatic carbocycles. The zero-order valence-electron chi connectivity index (χ0n) is 38.0. The van der Waals surface area contributed by atoms with Crippen molar-refractivity contribution < 1.29 is 0 Å². The Balaban J connectivity index is 0.950. The maximum Gasteiger partial charge on any atom is 0.0505 e. The van der Waals surface area contributed by atoms with Gasteiger partial charge in [0.25, 0.3) is 0 Å². The molecule has 0 heterocycles. The highest BCUT2D eigenvalue weighted by atomic mass is 15.2. The number of anilines is 6. The molecule has 0 N–H and O–H groups in total. The molecule has 0 aromatic heterocycles. The zero-order chi connectivity index (χ0) is 44.8. The second kappa shape index (κ2) is 15.6. The zero-order valence-corrected chi connectivity index (χ0v) is 38.0. The summed E-state index contributed by atoms with van der Waals surface area (Å²) in [6.07, 6.45) is 4.66. The summed E-state index contributed by atoms with van der Waals surface area (Å²) >= 11 is 0. The monoisotopic (exact) mass is 870 g/mol. The fourth-order valence-electron chi connectivity index (χ4n) is 13.6. The third-order valence-corrected chi connectivity index (χ3v) is 16.2. The summed E-state index contributed by atoms with van der Waals surface area (Å²) in [5.41, 5.74) is 22.5. The molecule has 4 unspecified atom stereocenters. The molecule has 2 heteroatoms. The molecule has 0 radical (unpaired) electrons. The second-order valence-electron chi connectivity index (χ2n) is 19.5. The molecular formula is C66H50N2. The van der Waals surface area contributed by atoms with E-state index in [4.69, 9.17) is 0 Å². The van der Waals surface area contributed by atoms with Gasteiger partial charge in [-0.1, -0.05) is 170 Å². The summed E-state index contributed by atoms with van der Waals surface area (Å²) in [5, 5.41) is 2.53. The molecule has 14 rings (SSSR count). The van der Waals surface area contributed by atoms with Crippen molar-refractivity contribution in [3.63, 3.8) is 0 Å². The van der Waals surface area contributed by atoms with E-state index in [1.165, 1.54) is 119 Å². The predicted molar refractivity (Wildman–Crippen MR) is 282 cm³/mol. The molecule has 0 bridgehead atoms. The molecule has 4 atom stereocenters. The molecule has 4 aliphatic rings. The van der Waals surface area contributed by atoms with E-state index in [1.807, 2.05) is 0 Å². The van der Waals surface area contributed by atoms with Crippen LogP contribution >= 0.6 is 0 Å². The van der Waals surface area contributed by atoms with Gasteiger partial charge >= 0.3 is 0 Å². The van der Waals surface area contributed by atoms with Gasteiger partial charge in [-0.15, -0.1) is 0 Å². The average molecular weight is 871 g/mol. The van der Waals surface area contributed by atoms with Gasteiger partial charge in [0, 0.05) is 34.1 Å². The topological polar surface area (TPSA) is 6.48 Å². The lowest BCUT2D eigenvalue weighted by molar-refractivity contribution is 0.350. The van der Waals surface area contributed by atoms with Crippen LogP contribution in [-0.2, 0) is 18.3 Å². The number of benzene rings is 10. The van der Waals surface area contributed by atoms with Crippen molar-refractivity contribution >= 4 is 44.9 Å². The Morgan fingerprint density at radius 3 is 1.53 bits per heavy atom. The summed E-state index contributed by atoms with van der Waals surface area (Å²) in [6.45, 7) is 0. The third-order valence-electron chi connectivity index (χ3n) is 16.2. The molecule has 0 saturated heterocycles. The van der Waals surface area contributed by atoms with E-state index in [0.717, 1.165) is 12.8 Å². The van der Waals surface area contributed by atoms with Gasteiger partial charge in [0.15, 0.2) is 0 Å². The van der Waals surface area contributed by atoms with Crippen LogP contribution in [-0.4, -0.2) is 0 Å². The fourth-order valence-corrected chi connectivity index (χ4v) is 13.6. The molecule has 10 aromatic carbocycles. The first-order chi connectivity index (χ1) is 33.7. The quantitative estimate of drug-likeness (QED) is 0.150. The number of fused-ring (bicyclic) bond motifs is 6. The van der Waals surface area contributed by atoms with Gasteiger partial charge in [0.05, 0.1) is 11.4 Å². The average Bonchev–Trinajstić information content (AvgIpc) is 4.13. The van der Waals surface area contributed by atoms with Crippen LogP contribution in [0.25, 0.3) is 33.0 Å². The number of para-hydroxylation sites is 2. The van der Waals surface area contributed by atoms with Gasteiger partial charge in [0.1, 0.15) is 0 Å². The first-order valence-electron chi connectivity index (χ1n) is 24.5. The minimum absolute atomic E-state index is 0.150. The van der Waals surface area contributed by atoms with Crippen molar-refractivity contribution in [3.8, 4) is 22.3 Å². The van der Waals surface area contributed by atoms with Crippen molar-refractivity contribution in [3.05, 3.63) is 276 Å². The van der Waals surface area contributed by atoms with Crippen LogP contribution in [0.1, 0.15) is 57.7 Å². The van der Waals surface area contributed by atoms with Gasteiger partial charge in [0.2, 0.25) is 0 Å². The van der Waals surface area contributed by atoms with Crippen molar-refractivity contribution in [2.45, 2.75) is 37.0 Å². The lowest BCUT2D eigenvalue weighted by Crippen LogP contribution is -2.34. The van der Waals surface area contributed by atoms with Crippen LogP contribution in [0.3, 0.4) is 0 Å². The lowest BCUT2D eigenvalue weighted by Gasteiger charge is -2.40. The van der Waals surface area contributed by atoms with Gasteiger partial charge in [-0.05, 0) is 176 Å². The van der Waals surface area contributed by atoms with Gasteiger partial charge in [-0.25, -0.2) is 0 Å². The SMILES string of the molecule is c1ccc(C2c3ccccc3-c3ccc(N(c4ccccc4)c4cccc5c4C46c7c(cccc7N(c7ccccc7)c7ccc(-c8ccc9ccccc9c8)cc7)CC4CCC6C5)cc32)cc1. The van der Waals surface area contributed by atoms with Crippen molar-refractivity contribution in [1.29, 1.82) is 0 Å². The predicted octanol–water partition coefficient (Wildman–Crippen LogP) is 17.0. The van der Waals surface area contributed by atoms with Crippen molar-refractivity contribution in [1.82, 2.24) is 0 Å². The number of hydrogen-bond acceptors (Lipinski definition) is 2. The van der Waals surface area contributed by atoms with Gasteiger partial charge in [-0.3, -0.25) is 0 Å². The van der Waals surface area contributed by atoms with E-state index in [9.17, 15) is 0 Å². The third kappa shape index (κ3) is 5.90. The van der Waals surface area contributed by atoms with E-state index in [0.29, 0.717) is 11.8 Å². The molecule has 1 saturated carbocycles. The summed E-state index contributed by atoms with van der Waals surface area (Å²) in [6, 6.07) is 88.9. The fraction of sp³-hybridized carbons (Fsp3) is 0.121. The minimum Gasteiger partial charge on any atom is -0.310 e. The van der Waals surface area contributed by atoms with Crippen LogP contribution in [0.5, 0.6) is 0 Å². The molecule has 10 aromatic rings. The van der Waals surface area contributed by atoms with Crippen LogP contribution in [0.2, 0.25) is 0 Å². The maximum absolute atomic E-state index is 2.61. The minimum atomic E-state index is -0.150. The number of nitrogens with zero attached hydrogens (tertiary/aromatic N) is 2. The molecule has 1 spiro atoms. The Morgan fingerprint density at radius 2 is 0.868 bits per heavy atom. The molecule has 0 amide bonds. The van der Waals surface area contributed by atoms with E-state index in [2.05, 4.69) is 246 Å². The van der Waals surface area contributed by atoms with Crippen LogP contribution in [0, 0.1) is 11.8 Å². The van der Waals surface area contributed by atoms with Gasteiger partial charge < -0.3 is 9.80 Å². The Hall–Kier alpha value is -7.94.